The topological polar surface area (TPSA) is 66.9 Å². The molecule has 1 amide bonds. The Bertz CT molecular complexity index is 894. The molecule has 0 unspecified atom stereocenters. The van der Waals surface area contributed by atoms with Crippen molar-refractivity contribution in [3.63, 3.8) is 0 Å². The largest absolute Gasteiger partial charge is 0.497 e. The number of sulfonamides is 1. The van der Waals surface area contributed by atoms with Crippen LogP contribution in [0.4, 0.5) is 11.4 Å². The van der Waals surface area contributed by atoms with Crippen LogP contribution in [0.5, 0.6) is 5.75 Å². The third-order valence-corrected chi connectivity index (χ3v) is 6.06. The van der Waals surface area contributed by atoms with Gasteiger partial charge >= 0.3 is 0 Å². The first-order valence-corrected chi connectivity index (χ1v) is 9.36. The summed E-state index contributed by atoms with van der Waals surface area (Å²) < 4.78 is 32.8. The van der Waals surface area contributed by atoms with Crippen molar-refractivity contribution < 1.29 is 17.9 Å². The van der Waals surface area contributed by atoms with Crippen molar-refractivity contribution in [3.8, 4) is 5.75 Å². The van der Waals surface area contributed by atoms with E-state index in [-0.39, 0.29) is 23.4 Å². The van der Waals surface area contributed by atoms with E-state index in [1.54, 1.807) is 41.3 Å². The molecule has 1 heterocycles. The predicted octanol–water partition coefficient (Wildman–Crippen LogP) is 2.65. The van der Waals surface area contributed by atoms with E-state index in [9.17, 15) is 13.2 Å². The molecule has 25 heavy (non-hydrogen) atoms. The number of rotatable bonds is 3. The third kappa shape index (κ3) is 2.95. The van der Waals surface area contributed by atoms with Crippen LogP contribution in [0.3, 0.4) is 0 Å². The van der Waals surface area contributed by atoms with Crippen LogP contribution < -0.4 is 13.9 Å². The Labute approximate surface area is 147 Å². The number of methoxy groups -OCH3 is 1. The summed E-state index contributed by atoms with van der Waals surface area (Å²) in [7, 11) is -2.21. The number of carbonyl (C=O) groups is 1. The van der Waals surface area contributed by atoms with Gasteiger partial charge in [0.05, 0.1) is 36.0 Å². The lowest BCUT2D eigenvalue weighted by Gasteiger charge is -2.40. The van der Waals surface area contributed by atoms with Gasteiger partial charge in [0, 0.05) is 6.92 Å². The maximum absolute atomic E-state index is 13.2. The Morgan fingerprint density at radius 2 is 1.68 bits per heavy atom. The molecule has 1 aliphatic rings. The molecule has 0 spiro atoms. The standard InChI is InChI=1S/C18H20N2O4S/c1-13-12-19(17-6-4-5-7-18(17)20(13)14(2)21)25(22,23)16-10-8-15(24-3)9-11-16/h4-11,13H,12H2,1-3H3/t13-/m0/s1. The monoisotopic (exact) mass is 360 g/mol. The van der Waals surface area contributed by atoms with E-state index in [0.717, 1.165) is 0 Å². The number of fused-ring (bicyclic) bond motifs is 1. The number of benzene rings is 2. The predicted molar refractivity (Wildman–Crippen MR) is 96.6 cm³/mol. The van der Waals surface area contributed by atoms with E-state index in [4.69, 9.17) is 4.74 Å². The molecule has 2 aromatic carbocycles. The number of nitrogens with zero attached hydrogens (tertiary/aromatic N) is 2. The molecule has 3 rings (SSSR count). The highest BCUT2D eigenvalue weighted by Gasteiger charge is 2.36. The van der Waals surface area contributed by atoms with Gasteiger partial charge in [-0.1, -0.05) is 12.1 Å². The summed E-state index contributed by atoms with van der Waals surface area (Å²) in [6.07, 6.45) is 0. The normalized spacial score (nSPS) is 17.2. The lowest BCUT2D eigenvalue weighted by Crippen LogP contribution is -2.51. The van der Waals surface area contributed by atoms with Crippen molar-refractivity contribution in [2.75, 3.05) is 22.9 Å². The molecule has 132 valence electrons. The molecule has 0 N–H and O–H groups in total. The Morgan fingerprint density at radius 3 is 2.24 bits per heavy atom. The van der Waals surface area contributed by atoms with Crippen LogP contribution in [-0.4, -0.2) is 34.0 Å². The van der Waals surface area contributed by atoms with Gasteiger partial charge in [-0.15, -0.1) is 0 Å². The summed E-state index contributed by atoms with van der Waals surface area (Å²) in [6.45, 7) is 3.53. The van der Waals surface area contributed by atoms with E-state index < -0.39 is 10.0 Å². The first kappa shape index (κ1) is 17.3. The summed E-state index contributed by atoms with van der Waals surface area (Å²) in [5, 5.41) is 0. The Balaban J connectivity index is 2.09. The average molecular weight is 360 g/mol. The molecule has 0 radical (unpaired) electrons. The maximum Gasteiger partial charge on any atom is 0.264 e. The number of hydrogen-bond acceptors (Lipinski definition) is 4. The van der Waals surface area contributed by atoms with Gasteiger partial charge in [0.2, 0.25) is 5.91 Å². The van der Waals surface area contributed by atoms with Gasteiger partial charge in [-0.2, -0.15) is 0 Å². The van der Waals surface area contributed by atoms with Crippen molar-refractivity contribution in [2.24, 2.45) is 0 Å². The SMILES string of the molecule is COc1ccc(S(=O)(=O)N2C[C@H](C)N(C(C)=O)c3ccccc32)cc1. The highest BCUT2D eigenvalue weighted by atomic mass is 32.2. The van der Waals surface area contributed by atoms with Crippen LogP contribution in [0.15, 0.2) is 53.4 Å². The molecule has 6 nitrogen and oxygen atoms in total. The summed E-state index contributed by atoms with van der Waals surface area (Å²) in [4.78, 5) is 13.8. The van der Waals surface area contributed by atoms with Crippen molar-refractivity contribution >= 4 is 27.3 Å². The molecule has 0 aliphatic carbocycles. The zero-order chi connectivity index (χ0) is 18.2. The number of amides is 1. The first-order valence-electron chi connectivity index (χ1n) is 7.92. The minimum Gasteiger partial charge on any atom is -0.497 e. The van der Waals surface area contributed by atoms with Crippen molar-refractivity contribution in [2.45, 2.75) is 24.8 Å². The van der Waals surface area contributed by atoms with Gasteiger partial charge in [-0.05, 0) is 43.3 Å². The molecule has 0 saturated heterocycles. The lowest BCUT2D eigenvalue weighted by atomic mass is 10.1. The van der Waals surface area contributed by atoms with Crippen LogP contribution in [0.1, 0.15) is 13.8 Å². The molecule has 0 saturated carbocycles. The molecule has 0 aromatic heterocycles. The second-order valence-electron chi connectivity index (χ2n) is 5.94. The van der Waals surface area contributed by atoms with Gasteiger partial charge in [0.1, 0.15) is 5.75 Å². The lowest BCUT2D eigenvalue weighted by molar-refractivity contribution is -0.117. The van der Waals surface area contributed by atoms with Crippen LogP contribution in [0.25, 0.3) is 0 Å². The molecular formula is C18H20N2O4S. The Hall–Kier alpha value is -2.54. The third-order valence-electron chi connectivity index (χ3n) is 4.27. The smallest absolute Gasteiger partial charge is 0.264 e. The molecule has 0 bridgehead atoms. The van der Waals surface area contributed by atoms with Crippen LogP contribution in [0, 0.1) is 0 Å². The summed E-state index contributed by atoms with van der Waals surface area (Å²) in [5.74, 6) is 0.482. The quantitative estimate of drug-likeness (QED) is 0.844. The zero-order valence-corrected chi connectivity index (χ0v) is 15.2. The number of hydrogen-bond donors (Lipinski definition) is 0. The minimum atomic E-state index is -3.74. The fourth-order valence-corrected chi connectivity index (χ4v) is 4.68. The number of anilines is 2. The summed E-state index contributed by atoms with van der Waals surface area (Å²) in [5.41, 5.74) is 1.11. The number of carbonyl (C=O) groups excluding carboxylic acids is 1. The molecular weight excluding hydrogens is 340 g/mol. The fourth-order valence-electron chi connectivity index (χ4n) is 3.12. The second-order valence-corrected chi connectivity index (χ2v) is 7.80. The fraction of sp³-hybridized carbons (Fsp3) is 0.278. The summed E-state index contributed by atoms with van der Waals surface area (Å²) >= 11 is 0. The Morgan fingerprint density at radius 1 is 1.08 bits per heavy atom. The van der Waals surface area contributed by atoms with Crippen molar-refractivity contribution in [1.82, 2.24) is 0 Å². The van der Waals surface area contributed by atoms with Crippen LogP contribution >= 0.6 is 0 Å². The number of para-hydroxylation sites is 2. The maximum atomic E-state index is 13.2. The van der Waals surface area contributed by atoms with E-state index in [2.05, 4.69) is 0 Å². The molecule has 2 aromatic rings. The summed E-state index contributed by atoms with van der Waals surface area (Å²) in [6, 6.07) is 13.1. The van der Waals surface area contributed by atoms with Crippen LogP contribution in [-0.2, 0) is 14.8 Å². The number of ether oxygens (including phenoxy) is 1. The highest BCUT2D eigenvalue weighted by molar-refractivity contribution is 7.92. The average Bonchev–Trinajstić information content (AvgIpc) is 2.60. The van der Waals surface area contributed by atoms with Gasteiger partial charge in [-0.3, -0.25) is 9.10 Å². The van der Waals surface area contributed by atoms with Gasteiger partial charge in [0.15, 0.2) is 0 Å². The van der Waals surface area contributed by atoms with Crippen LogP contribution in [0.2, 0.25) is 0 Å². The van der Waals surface area contributed by atoms with Gasteiger partial charge in [0.25, 0.3) is 10.0 Å². The van der Waals surface area contributed by atoms with E-state index >= 15 is 0 Å². The minimum absolute atomic E-state index is 0.110. The molecule has 1 atom stereocenters. The van der Waals surface area contributed by atoms with Crippen molar-refractivity contribution in [1.29, 1.82) is 0 Å². The van der Waals surface area contributed by atoms with E-state index in [0.29, 0.717) is 17.1 Å². The van der Waals surface area contributed by atoms with Gasteiger partial charge < -0.3 is 9.64 Å². The van der Waals surface area contributed by atoms with E-state index in [1.807, 2.05) is 6.92 Å². The molecule has 0 fully saturated rings. The van der Waals surface area contributed by atoms with E-state index in [1.165, 1.54) is 30.5 Å². The zero-order valence-electron chi connectivity index (χ0n) is 14.3. The van der Waals surface area contributed by atoms with Crippen molar-refractivity contribution in [3.05, 3.63) is 48.5 Å². The Kier molecular flexibility index (Phi) is 4.43. The molecule has 1 aliphatic heterocycles. The molecule has 7 heteroatoms. The highest BCUT2D eigenvalue weighted by Crippen LogP contribution is 2.38. The first-order chi connectivity index (χ1) is 11.9. The second kappa shape index (κ2) is 6.40. The van der Waals surface area contributed by atoms with Gasteiger partial charge in [-0.25, -0.2) is 8.42 Å².